The Bertz CT molecular complexity index is 941. The Morgan fingerprint density at radius 3 is 2.59 bits per heavy atom. The van der Waals surface area contributed by atoms with Crippen molar-refractivity contribution in [3.8, 4) is 0 Å². The van der Waals surface area contributed by atoms with Gasteiger partial charge in [0, 0.05) is 25.8 Å². The van der Waals surface area contributed by atoms with E-state index in [0.717, 1.165) is 36.8 Å². The topological polar surface area (TPSA) is 87.7 Å². The van der Waals surface area contributed by atoms with Gasteiger partial charge in [-0.25, -0.2) is 0 Å². The molecule has 1 aromatic heterocycles. The Labute approximate surface area is 205 Å². The smallest absolute Gasteiger partial charge is 0.261 e. The van der Waals surface area contributed by atoms with E-state index in [-0.39, 0.29) is 30.3 Å². The van der Waals surface area contributed by atoms with Crippen molar-refractivity contribution in [2.24, 2.45) is 0 Å². The Kier molecular flexibility index (Phi) is 10.1. The first kappa shape index (κ1) is 25.9. The van der Waals surface area contributed by atoms with E-state index in [1.165, 1.54) is 11.3 Å². The van der Waals surface area contributed by atoms with Gasteiger partial charge in [0.15, 0.2) is 0 Å². The summed E-state index contributed by atoms with van der Waals surface area (Å²) >= 11 is 1.32. The molecule has 184 valence electrons. The molecule has 34 heavy (non-hydrogen) atoms. The minimum absolute atomic E-state index is 0.137. The highest BCUT2D eigenvalue weighted by atomic mass is 32.1. The van der Waals surface area contributed by atoms with Gasteiger partial charge in [-0.3, -0.25) is 14.4 Å². The average Bonchev–Trinajstić information content (AvgIpc) is 3.55. The summed E-state index contributed by atoms with van der Waals surface area (Å²) in [6.07, 6.45) is 4.72. The summed E-state index contributed by atoms with van der Waals surface area (Å²) in [6, 6.07) is 10.5. The summed E-state index contributed by atoms with van der Waals surface area (Å²) < 4.78 is 5.48. The predicted molar refractivity (Wildman–Crippen MR) is 134 cm³/mol. The monoisotopic (exact) mass is 485 g/mol. The SMILES string of the molecule is CCOCCCN(C(=O)CNC(=O)c1cccs1)C(C(=O)NC1CCCC1)c1ccccc1C. The summed E-state index contributed by atoms with van der Waals surface area (Å²) in [5.41, 5.74) is 1.74. The second-order valence-corrected chi connectivity index (χ2v) is 9.49. The van der Waals surface area contributed by atoms with Crippen LogP contribution in [-0.4, -0.2) is 55.0 Å². The second-order valence-electron chi connectivity index (χ2n) is 8.55. The standard InChI is InChI=1S/C26H35N3O4S/c1-3-33-16-9-15-29(23(30)18-27-25(31)22-14-8-17-34-22)24(21-13-7-4-10-19(21)2)26(32)28-20-11-5-6-12-20/h4,7-8,10,13-14,17,20,24H,3,5-6,9,11-12,15-16,18H2,1-2H3,(H,27,31)(H,28,32). The van der Waals surface area contributed by atoms with E-state index in [0.29, 0.717) is 31.1 Å². The molecule has 1 saturated carbocycles. The van der Waals surface area contributed by atoms with Crippen molar-refractivity contribution in [1.29, 1.82) is 0 Å². The molecule has 0 radical (unpaired) electrons. The zero-order chi connectivity index (χ0) is 24.3. The van der Waals surface area contributed by atoms with Crippen LogP contribution in [0.15, 0.2) is 41.8 Å². The Balaban J connectivity index is 1.83. The van der Waals surface area contributed by atoms with Gasteiger partial charge in [0.2, 0.25) is 11.8 Å². The van der Waals surface area contributed by atoms with Gasteiger partial charge in [0.05, 0.1) is 11.4 Å². The maximum atomic E-state index is 13.6. The molecule has 1 fully saturated rings. The quantitative estimate of drug-likeness (QED) is 0.447. The van der Waals surface area contributed by atoms with Crippen LogP contribution in [0, 0.1) is 6.92 Å². The fraction of sp³-hybridized carbons (Fsp3) is 0.500. The lowest BCUT2D eigenvalue weighted by Crippen LogP contribution is -2.49. The lowest BCUT2D eigenvalue weighted by molar-refractivity contribution is -0.140. The highest BCUT2D eigenvalue weighted by Crippen LogP contribution is 2.27. The van der Waals surface area contributed by atoms with Gasteiger partial charge in [0.1, 0.15) is 6.04 Å². The van der Waals surface area contributed by atoms with E-state index < -0.39 is 6.04 Å². The third-order valence-corrected chi connectivity index (χ3v) is 6.97. The molecular weight excluding hydrogens is 450 g/mol. The third-order valence-electron chi connectivity index (χ3n) is 6.10. The number of rotatable bonds is 12. The van der Waals surface area contributed by atoms with Crippen molar-refractivity contribution in [3.05, 3.63) is 57.8 Å². The molecule has 1 heterocycles. The molecule has 7 nitrogen and oxygen atoms in total. The summed E-state index contributed by atoms with van der Waals surface area (Å²) in [7, 11) is 0. The second kappa shape index (κ2) is 13.2. The lowest BCUT2D eigenvalue weighted by Gasteiger charge is -2.33. The average molecular weight is 486 g/mol. The minimum Gasteiger partial charge on any atom is -0.382 e. The van der Waals surface area contributed by atoms with Crippen molar-refractivity contribution in [2.75, 3.05) is 26.3 Å². The molecule has 1 atom stereocenters. The first-order chi connectivity index (χ1) is 16.5. The first-order valence-electron chi connectivity index (χ1n) is 12.1. The summed E-state index contributed by atoms with van der Waals surface area (Å²) in [4.78, 5) is 41.6. The molecule has 0 saturated heterocycles. The number of carbonyl (C=O) groups excluding carboxylic acids is 3. The molecule has 1 aliphatic carbocycles. The molecule has 1 aromatic carbocycles. The maximum Gasteiger partial charge on any atom is 0.261 e. The van der Waals surface area contributed by atoms with Crippen molar-refractivity contribution in [2.45, 2.75) is 58.0 Å². The number of benzene rings is 1. The van der Waals surface area contributed by atoms with Crippen LogP contribution in [0.1, 0.15) is 65.9 Å². The van der Waals surface area contributed by atoms with E-state index in [4.69, 9.17) is 4.74 Å². The number of amides is 3. The number of carbonyl (C=O) groups is 3. The Morgan fingerprint density at radius 1 is 1.15 bits per heavy atom. The molecule has 0 spiro atoms. The number of nitrogens with one attached hydrogen (secondary N) is 2. The highest BCUT2D eigenvalue weighted by Gasteiger charge is 2.33. The van der Waals surface area contributed by atoms with Crippen LogP contribution in [0.2, 0.25) is 0 Å². The first-order valence-corrected chi connectivity index (χ1v) is 12.9. The van der Waals surface area contributed by atoms with Crippen molar-refractivity contribution >= 4 is 29.1 Å². The van der Waals surface area contributed by atoms with Crippen LogP contribution in [0.5, 0.6) is 0 Å². The fourth-order valence-corrected chi connectivity index (χ4v) is 4.97. The molecule has 8 heteroatoms. The van der Waals surface area contributed by atoms with E-state index in [9.17, 15) is 14.4 Å². The van der Waals surface area contributed by atoms with Gasteiger partial charge in [-0.05, 0) is 55.7 Å². The zero-order valence-electron chi connectivity index (χ0n) is 20.0. The van der Waals surface area contributed by atoms with E-state index in [2.05, 4.69) is 10.6 Å². The van der Waals surface area contributed by atoms with E-state index in [1.807, 2.05) is 43.5 Å². The van der Waals surface area contributed by atoms with Crippen LogP contribution in [0.4, 0.5) is 0 Å². The zero-order valence-corrected chi connectivity index (χ0v) is 20.9. The molecule has 1 unspecified atom stereocenters. The fourth-order valence-electron chi connectivity index (χ4n) is 4.33. The van der Waals surface area contributed by atoms with Crippen LogP contribution in [-0.2, 0) is 14.3 Å². The molecule has 3 amide bonds. The van der Waals surface area contributed by atoms with Crippen LogP contribution in [0.3, 0.4) is 0 Å². The number of hydrogen-bond acceptors (Lipinski definition) is 5. The molecule has 2 N–H and O–H groups in total. The van der Waals surface area contributed by atoms with Gasteiger partial charge in [-0.15, -0.1) is 11.3 Å². The van der Waals surface area contributed by atoms with Crippen molar-refractivity contribution in [3.63, 3.8) is 0 Å². The van der Waals surface area contributed by atoms with Gasteiger partial charge in [0.25, 0.3) is 5.91 Å². The minimum atomic E-state index is -0.769. The van der Waals surface area contributed by atoms with Gasteiger partial charge < -0.3 is 20.3 Å². The number of nitrogens with zero attached hydrogens (tertiary/aromatic N) is 1. The van der Waals surface area contributed by atoms with E-state index >= 15 is 0 Å². The van der Waals surface area contributed by atoms with Crippen LogP contribution < -0.4 is 10.6 Å². The number of hydrogen-bond donors (Lipinski definition) is 2. The van der Waals surface area contributed by atoms with Gasteiger partial charge in [-0.1, -0.05) is 43.2 Å². The molecule has 1 aliphatic rings. The summed E-state index contributed by atoms with van der Waals surface area (Å²) in [6.45, 7) is 5.14. The highest BCUT2D eigenvalue weighted by molar-refractivity contribution is 7.12. The van der Waals surface area contributed by atoms with E-state index in [1.54, 1.807) is 17.0 Å². The van der Waals surface area contributed by atoms with Crippen LogP contribution in [0.25, 0.3) is 0 Å². The largest absolute Gasteiger partial charge is 0.382 e. The Hall–Kier alpha value is -2.71. The van der Waals surface area contributed by atoms with Gasteiger partial charge >= 0.3 is 0 Å². The number of ether oxygens (including phenoxy) is 1. The summed E-state index contributed by atoms with van der Waals surface area (Å²) in [5, 5.41) is 7.71. The molecule has 2 aromatic rings. The van der Waals surface area contributed by atoms with Crippen LogP contribution >= 0.6 is 11.3 Å². The molecular formula is C26H35N3O4S. The molecule has 3 rings (SSSR count). The van der Waals surface area contributed by atoms with Crippen molar-refractivity contribution < 1.29 is 19.1 Å². The van der Waals surface area contributed by atoms with Gasteiger partial charge in [-0.2, -0.15) is 0 Å². The maximum absolute atomic E-state index is 13.6. The summed E-state index contributed by atoms with van der Waals surface area (Å²) in [5.74, 6) is -0.757. The number of thiophene rings is 1. The number of aryl methyl sites for hydroxylation is 1. The normalized spacial score (nSPS) is 14.5. The van der Waals surface area contributed by atoms with Crippen molar-refractivity contribution in [1.82, 2.24) is 15.5 Å². The predicted octanol–water partition coefficient (Wildman–Crippen LogP) is 3.84. The lowest BCUT2D eigenvalue weighted by atomic mass is 9.98. The molecule has 0 aliphatic heterocycles. The molecule has 0 bridgehead atoms. The third kappa shape index (κ3) is 7.14. The Morgan fingerprint density at radius 2 is 1.91 bits per heavy atom.